The molecule has 1 heterocycles. The third-order valence-corrected chi connectivity index (χ3v) is 6.17. The predicted octanol–water partition coefficient (Wildman–Crippen LogP) is 2.34. The van der Waals surface area contributed by atoms with Gasteiger partial charge in [0, 0.05) is 21.8 Å². The van der Waals surface area contributed by atoms with Crippen molar-refractivity contribution in [2.24, 2.45) is 11.8 Å². The van der Waals surface area contributed by atoms with Crippen molar-refractivity contribution in [1.82, 2.24) is 0 Å². The van der Waals surface area contributed by atoms with Gasteiger partial charge in [-0.1, -0.05) is 17.7 Å². The van der Waals surface area contributed by atoms with Gasteiger partial charge < -0.3 is 15.2 Å². The lowest BCUT2D eigenvalue weighted by Crippen LogP contribution is -2.42. The molecule has 0 aliphatic heterocycles. The van der Waals surface area contributed by atoms with Crippen molar-refractivity contribution in [2.45, 2.75) is 38.5 Å². The summed E-state index contributed by atoms with van der Waals surface area (Å²) in [5, 5.41) is 24.5. The molecule has 0 aromatic carbocycles. The van der Waals surface area contributed by atoms with Crippen molar-refractivity contribution in [3.63, 3.8) is 0 Å². The van der Waals surface area contributed by atoms with Crippen LogP contribution in [0.1, 0.15) is 41.7 Å². The predicted molar refractivity (Wildman–Crippen MR) is 89.5 cm³/mol. The van der Waals surface area contributed by atoms with E-state index in [2.05, 4.69) is 11.4 Å². The van der Waals surface area contributed by atoms with E-state index >= 15 is 0 Å². The molecule has 7 heteroatoms. The van der Waals surface area contributed by atoms with E-state index in [1.807, 2.05) is 0 Å². The quantitative estimate of drug-likeness (QED) is 0.891. The zero-order chi connectivity index (χ0) is 17.3. The maximum absolute atomic E-state index is 12.6. The van der Waals surface area contributed by atoms with Gasteiger partial charge in [0.15, 0.2) is 0 Å². The van der Waals surface area contributed by atoms with Gasteiger partial charge in [-0.25, -0.2) is 0 Å². The standard InChI is InChI=1S/C17H17ClN2O3S/c18-9-5-6-11(17(22)23)12(7-9)15(21)20-16-13(8-19)10-3-1-2-4-14(10)24-16/h5,11-12H,1-4,6-7H2,(H,20,21)(H,22,23)/p-1/t11-,12+/m1/s1. The number of anilines is 1. The lowest BCUT2D eigenvalue weighted by atomic mass is 9.82. The summed E-state index contributed by atoms with van der Waals surface area (Å²) >= 11 is 7.41. The average Bonchev–Trinajstić information content (AvgIpc) is 2.91. The molecule has 0 fully saturated rings. The molecule has 0 bridgehead atoms. The number of hydrogen-bond acceptors (Lipinski definition) is 5. The van der Waals surface area contributed by atoms with Crippen molar-refractivity contribution in [2.75, 3.05) is 5.32 Å². The Kier molecular flexibility index (Phi) is 4.93. The Balaban J connectivity index is 1.84. The summed E-state index contributed by atoms with van der Waals surface area (Å²) in [6, 6.07) is 2.18. The van der Waals surface area contributed by atoms with Crippen molar-refractivity contribution in [3.8, 4) is 6.07 Å². The molecule has 0 saturated heterocycles. The van der Waals surface area contributed by atoms with E-state index in [4.69, 9.17) is 11.6 Å². The second-order valence-corrected chi connectivity index (χ2v) is 7.73. The molecule has 0 saturated carbocycles. The number of hydrogen-bond donors (Lipinski definition) is 1. The Morgan fingerprint density at radius 1 is 1.33 bits per heavy atom. The Bertz CT molecular complexity index is 763. The molecule has 24 heavy (non-hydrogen) atoms. The third kappa shape index (κ3) is 3.19. The number of allylic oxidation sites excluding steroid dienone is 2. The van der Waals surface area contributed by atoms with Gasteiger partial charge in [0.25, 0.3) is 0 Å². The number of aryl methyl sites for hydroxylation is 1. The van der Waals surface area contributed by atoms with Crippen molar-refractivity contribution in [1.29, 1.82) is 5.26 Å². The van der Waals surface area contributed by atoms with Gasteiger partial charge in [-0.05, 0) is 44.1 Å². The molecule has 126 valence electrons. The number of halogens is 1. The second kappa shape index (κ2) is 6.96. The molecular weight excluding hydrogens is 348 g/mol. The van der Waals surface area contributed by atoms with E-state index in [1.165, 1.54) is 11.3 Å². The van der Waals surface area contributed by atoms with E-state index < -0.39 is 23.7 Å². The first-order valence-corrected chi connectivity index (χ1v) is 9.11. The van der Waals surface area contributed by atoms with Crippen molar-refractivity contribution >= 4 is 39.8 Å². The van der Waals surface area contributed by atoms with Gasteiger partial charge in [0.1, 0.15) is 11.1 Å². The van der Waals surface area contributed by atoms with Crippen LogP contribution in [0.15, 0.2) is 11.1 Å². The monoisotopic (exact) mass is 363 g/mol. The largest absolute Gasteiger partial charge is 0.550 e. The van der Waals surface area contributed by atoms with Crippen LogP contribution >= 0.6 is 22.9 Å². The molecule has 2 aliphatic carbocycles. The van der Waals surface area contributed by atoms with Crippen LogP contribution in [-0.4, -0.2) is 11.9 Å². The number of carboxylic acids is 1. The summed E-state index contributed by atoms with van der Waals surface area (Å²) in [7, 11) is 0. The number of carbonyl (C=O) groups excluding carboxylic acids is 2. The van der Waals surface area contributed by atoms with Crippen LogP contribution in [0.4, 0.5) is 5.00 Å². The first kappa shape index (κ1) is 17.0. The van der Waals surface area contributed by atoms with Crippen LogP contribution in [0.2, 0.25) is 0 Å². The number of rotatable bonds is 3. The summed E-state index contributed by atoms with van der Waals surface area (Å²) in [5.41, 5.74) is 1.55. The zero-order valence-electron chi connectivity index (χ0n) is 12.9. The number of nitriles is 1. The number of nitrogens with zero attached hydrogens (tertiary/aromatic N) is 1. The highest BCUT2D eigenvalue weighted by molar-refractivity contribution is 7.16. The van der Waals surface area contributed by atoms with E-state index in [9.17, 15) is 20.0 Å². The van der Waals surface area contributed by atoms with Crippen LogP contribution in [0, 0.1) is 23.2 Å². The lowest BCUT2D eigenvalue weighted by Gasteiger charge is -2.29. The average molecular weight is 364 g/mol. The van der Waals surface area contributed by atoms with E-state index in [-0.39, 0.29) is 12.8 Å². The molecule has 0 spiro atoms. The molecule has 2 aliphatic rings. The lowest BCUT2D eigenvalue weighted by molar-refractivity contribution is -0.313. The number of carbonyl (C=O) groups is 2. The van der Waals surface area contributed by atoms with Crippen LogP contribution in [0.25, 0.3) is 0 Å². The molecule has 1 amide bonds. The smallest absolute Gasteiger partial charge is 0.229 e. The maximum atomic E-state index is 12.6. The van der Waals surface area contributed by atoms with Gasteiger partial charge in [-0.15, -0.1) is 11.3 Å². The molecule has 1 aromatic heterocycles. The number of aliphatic carboxylic acids is 1. The first-order chi connectivity index (χ1) is 11.5. The molecule has 0 radical (unpaired) electrons. The highest BCUT2D eigenvalue weighted by atomic mass is 35.5. The van der Waals surface area contributed by atoms with Gasteiger partial charge >= 0.3 is 0 Å². The Morgan fingerprint density at radius 3 is 2.79 bits per heavy atom. The summed E-state index contributed by atoms with van der Waals surface area (Å²) < 4.78 is 0. The minimum absolute atomic E-state index is 0.180. The molecule has 2 atom stereocenters. The van der Waals surface area contributed by atoms with Gasteiger partial charge in [0.05, 0.1) is 11.5 Å². The fourth-order valence-electron chi connectivity index (χ4n) is 3.37. The number of thiophene rings is 1. The Labute approximate surface area is 148 Å². The van der Waals surface area contributed by atoms with E-state index in [1.54, 1.807) is 6.08 Å². The third-order valence-electron chi connectivity index (χ3n) is 4.65. The van der Waals surface area contributed by atoms with E-state index in [0.717, 1.165) is 36.1 Å². The van der Waals surface area contributed by atoms with Gasteiger partial charge in [0.2, 0.25) is 5.91 Å². The first-order valence-electron chi connectivity index (χ1n) is 7.92. The summed E-state index contributed by atoms with van der Waals surface area (Å²) in [4.78, 5) is 25.1. The topological polar surface area (TPSA) is 93.0 Å². The molecule has 5 nitrogen and oxygen atoms in total. The highest BCUT2D eigenvalue weighted by Gasteiger charge is 2.33. The fraction of sp³-hybridized carbons (Fsp3) is 0.471. The van der Waals surface area contributed by atoms with Gasteiger partial charge in [-0.3, -0.25) is 4.79 Å². The molecule has 1 N–H and O–H groups in total. The zero-order valence-corrected chi connectivity index (χ0v) is 14.5. The van der Waals surface area contributed by atoms with Crippen molar-refractivity contribution < 1.29 is 14.7 Å². The maximum Gasteiger partial charge on any atom is 0.229 e. The number of amides is 1. The summed E-state index contributed by atoms with van der Waals surface area (Å²) in [6.07, 6.45) is 5.89. The van der Waals surface area contributed by atoms with Crippen LogP contribution in [-0.2, 0) is 22.4 Å². The van der Waals surface area contributed by atoms with Crippen LogP contribution in [0.5, 0.6) is 0 Å². The summed E-state index contributed by atoms with van der Waals surface area (Å²) in [5.74, 6) is -3.34. The van der Waals surface area contributed by atoms with Gasteiger partial charge in [-0.2, -0.15) is 5.26 Å². The molecule has 0 unspecified atom stereocenters. The second-order valence-electron chi connectivity index (χ2n) is 6.14. The number of carboxylic acid groups (broad SMARTS) is 1. The normalized spacial score (nSPS) is 22.9. The fourth-order valence-corrected chi connectivity index (χ4v) is 4.87. The Morgan fingerprint density at radius 2 is 2.08 bits per heavy atom. The minimum atomic E-state index is -1.25. The number of nitrogens with one attached hydrogen (secondary N) is 1. The molecule has 1 aromatic rings. The Hall–Kier alpha value is -1.84. The minimum Gasteiger partial charge on any atom is -0.550 e. The number of fused-ring (bicyclic) bond motifs is 1. The summed E-state index contributed by atoms with van der Waals surface area (Å²) in [6.45, 7) is 0. The van der Waals surface area contributed by atoms with E-state index in [0.29, 0.717) is 15.6 Å². The SMILES string of the molecule is N#Cc1c(NC(=O)[C@H]2CC(Cl)=CC[C@H]2C(=O)[O-])sc2c1CCCC2. The highest BCUT2D eigenvalue weighted by Crippen LogP contribution is 2.39. The van der Waals surface area contributed by atoms with Crippen molar-refractivity contribution in [3.05, 3.63) is 27.1 Å². The molecule has 3 rings (SSSR count). The molecular formula is C17H16ClN2O3S-. The van der Waals surface area contributed by atoms with Crippen LogP contribution in [0.3, 0.4) is 0 Å². The van der Waals surface area contributed by atoms with Crippen LogP contribution < -0.4 is 10.4 Å².